The standard InChI is InChI=1S/C35H29NO3.C34H27NO3/c1-25(2)35(37)39-34-23-21-33(22-24-34)38-32-19-17-31(18-20-32)36(29-13-9-26(3)10-14-29)30-15-11-28(12-16-30)27-7-5-4-6-8-27;1-3-34(36)38-33-23-21-32(22-24-33)37-31-19-17-30(18-20-31)35(28-13-9-25(2)10-14-28)29-15-11-27(12-16-29)26-7-5-4-6-8-26/h4-24H,1H2,2-3H3;3-24H,1H2,2H3. The summed E-state index contributed by atoms with van der Waals surface area (Å²) in [5.74, 6) is 2.62. The Labute approximate surface area is 450 Å². The predicted octanol–water partition coefficient (Wildman–Crippen LogP) is 18.4. The quantitative estimate of drug-likeness (QED) is 0.0538. The third kappa shape index (κ3) is 13.7. The lowest BCUT2D eigenvalue weighted by molar-refractivity contribution is -0.130. The van der Waals surface area contributed by atoms with E-state index < -0.39 is 11.9 Å². The topological polar surface area (TPSA) is 77.5 Å². The van der Waals surface area contributed by atoms with Crippen molar-refractivity contribution < 1.29 is 28.5 Å². The molecular formula is C69H56N2O6. The fraction of sp³-hybridized carbons (Fsp3) is 0.0435. The summed E-state index contributed by atoms with van der Waals surface area (Å²) in [6, 6.07) is 84.7. The van der Waals surface area contributed by atoms with Crippen molar-refractivity contribution in [2.45, 2.75) is 20.8 Å². The first-order chi connectivity index (χ1) is 37.5. The molecule has 0 aromatic heterocycles. The molecule has 0 aliphatic heterocycles. The predicted molar refractivity (Wildman–Crippen MR) is 312 cm³/mol. The van der Waals surface area contributed by atoms with Crippen molar-refractivity contribution in [3.05, 3.63) is 291 Å². The zero-order chi connectivity index (χ0) is 53.5. The summed E-state index contributed by atoms with van der Waals surface area (Å²) in [4.78, 5) is 27.5. The van der Waals surface area contributed by atoms with Crippen molar-refractivity contribution in [2.24, 2.45) is 0 Å². The van der Waals surface area contributed by atoms with Crippen LogP contribution in [0, 0.1) is 13.8 Å². The molecule has 0 fully saturated rings. The summed E-state index contributed by atoms with van der Waals surface area (Å²) < 4.78 is 22.4. The summed E-state index contributed by atoms with van der Waals surface area (Å²) >= 11 is 0. The molecule has 0 aliphatic carbocycles. The summed E-state index contributed by atoms with van der Waals surface area (Å²) in [6.45, 7) is 12.8. The third-order valence-electron chi connectivity index (χ3n) is 12.3. The molecule has 0 atom stereocenters. The molecule has 77 heavy (non-hydrogen) atoms. The van der Waals surface area contributed by atoms with Gasteiger partial charge in [0.2, 0.25) is 0 Å². The Morgan fingerprint density at radius 2 is 0.610 bits per heavy atom. The van der Waals surface area contributed by atoms with Gasteiger partial charge in [0.1, 0.15) is 34.5 Å². The monoisotopic (exact) mass is 1010 g/mol. The largest absolute Gasteiger partial charge is 0.457 e. The lowest BCUT2D eigenvalue weighted by Crippen LogP contribution is -2.09. The number of hydrogen-bond acceptors (Lipinski definition) is 8. The van der Waals surface area contributed by atoms with E-state index in [2.05, 4.69) is 182 Å². The van der Waals surface area contributed by atoms with Gasteiger partial charge in [0.05, 0.1) is 0 Å². The Hall–Kier alpha value is -10.2. The average molecular weight is 1010 g/mol. The number of carbonyl (C=O) groups is 2. The average Bonchev–Trinajstić information content (AvgIpc) is 3.47. The third-order valence-corrected chi connectivity index (χ3v) is 12.3. The van der Waals surface area contributed by atoms with Gasteiger partial charge in [-0.15, -0.1) is 0 Å². The molecule has 0 saturated carbocycles. The summed E-state index contributed by atoms with van der Waals surface area (Å²) in [7, 11) is 0. The van der Waals surface area contributed by atoms with E-state index in [9.17, 15) is 9.59 Å². The second kappa shape index (κ2) is 24.7. The molecule has 378 valence electrons. The highest BCUT2D eigenvalue weighted by molar-refractivity contribution is 5.89. The van der Waals surface area contributed by atoms with E-state index in [4.69, 9.17) is 18.9 Å². The summed E-state index contributed by atoms with van der Waals surface area (Å²) in [5.41, 5.74) is 13.8. The SMILES string of the molecule is C=C(C)C(=O)Oc1ccc(Oc2ccc(N(c3ccc(C)cc3)c3ccc(-c4ccccc4)cc3)cc2)cc1.C=CC(=O)Oc1ccc(Oc2ccc(N(c3ccc(C)cc3)c3ccc(-c4ccccc4)cc3)cc2)cc1. The number of anilines is 6. The van der Waals surface area contributed by atoms with Crippen LogP contribution in [0.2, 0.25) is 0 Å². The lowest BCUT2D eigenvalue weighted by atomic mass is 10.0. The van der Waals surface area contributed by atoms with Crippen LogP contribution < -0.4 is 28.7 Å². The van der Waals surface area contributed by atoms with Gasteiger partial charge < -0.3 is 28.7 Å². The zero-order valence-corrected chi connectivity index (χ0v) is 43.1. The van der Waals surface area contributed by atoms with E-state index in [0.717, 1.165) is 40.2 Å². The molecule has 10 aromatic rings. The van der Waals surface area contributed by atoms with Gasteiger partial charge in [-0.25, -0.2) is 9.59 Å². The Morgan fingerprint density at radius 3 is 0.922 bits per heavy atom. The number of hydrogen-bond donors (Lipinski definition) is 0. The van der Waals surface area contributed by atoms with E-state index in [1.165, 1.54) is 33.4 Å². The normalized spacial score (nSPS) is 10.5. The van der Waals surface area contributed by atoms with Crippen molar-refractivity contribution in [1.29, 1.82) is 0 Å². The van der Waals surface area contributed by atoms with Gasteiger partial charge in [0.15, 0.2) is 0 Å². The first kappa shape index (κ1) is 51.7. The minimum atomic E-state index is -0.498. The first-order valence-electron chi connectivity index (χ1n) is 25.1. The van der Waals surface area contributed by atoms with Crippen LogP contribution >= 0.6 is 0 Å². The molecule has 0 amide bonds. The highest BCUT2D eigenvalue weighted by Crippen LogP contribution is 2.39. The number of rotatable bonds is 16. The first-order valence-corrected chi connectivity index (χ1v) is 25.1. The van der Waals surface area contributed by atoms with Crippen molar-refractivity contribution in [1.82, 2.24) is 0 Å². The highest BCUT2D eigenvalue weighted by atomic mass is 16.5. The minimum absolute atomic E-state index is 0.349. The smallest absolute Gasteiger partial charge is 0.338 e. The minimum Gasteiger partial charge on any atom is -0.457 e. The maximum atomic E-state index is 11.7. The van der Waals surface area contributed by atoms with Gasteiger partial charge in [-0.1, -0.05) is 133 Å². The molecule has 0 saturated heterocycles. The lowest BCUT2D eigenvalue weighted by Gasteiger charge is -2.26. The van der Waals surface area contributed by atoms with Crippen LogP contribution in [0.5, 0.6) is 34.5 Å². The number of benzene rings is 10. The van der Waals surface area contributed by atoms with E-state index in [1.54, 1.807) is 55.5 Å². The molecule has 0 aliphatic rings. The number of aryl methyl sites for hydroxylation is 2. The molecule has 0 radical (unpaired) electrons. The highest BCUT2D eigenvalue weighted by Gasteiger charge is 2.16. The van der Waals surface area contributed by atoms with Crippen LogP contribution in [0.3, 0.4) is 0 Å². The van der Waals surface area contributed by atoms with Crippen molar-refractivity contribution in [3.8, 4) is 56.8 Å². The maximum Gasteiger partial charge on any atom is 0.338 e. The van der Waals surface area contributed by atoms with Gasteiger partial charge in [-0.3, -0.25) is 0 Å². The summed E-state index contributed by atoms with van der Waals surface area (Å²) in [5, 5.41) is 0. The Bertz CT molecular complexity index is 3550. The molecule has 8 nitrogen and oxygen atoms in total. The molecule has 0 N–H and O–H groups in total. The van der Waals surface area contributed by atoms with E-state index in [0.29, 0.717) is 40.1 Å². The Morgan fingerprint density at radius 1 is 0.351 bits per heavy atom. The molecule has 8 heteroatoms. The number of nitrogens with zero attached hydrogens (tertiary/aromatic N) is 2. The fourth-order valence-corrected chi connectivity index (χ4v) is 8.25. The van der Waals surface area contributed by atoms with E-state index >= 15 is 0 Å². The van der Waals surface area contributed by atoms with Gasteiger partial charge in [-0.05, 0) is 189 Å². The van der Waals surface area contributed by atoms with Crippen molar-refractivity contribution >= 4 is 46.1 Å². The van der Waals surface area contributed by atoms with Crippen molar-refractivity contribution in [2.75, 3.05) is 9.80 Å². The summed E-state index contributed by atoms with van der Waals surface area (Å²) in [6.07, 6.45) is 1.13. The maximum absolute atomic E-state index is 11.7. The second-order valence-electron chi connectivity index (χ2n) is 18.1. The molecule has 10 rings (SSSR count). The number of carbonyl (C=O) groups excluding carboxylic acids is 2. The van der Waals surface area contributed by atoms with Crippen LogP contribution in [0.4, 0.5) is 34.1 Å². The number of ether oxygens (including phenoxy) is 4. The van der Waals surface area contributed by atoms with Gasteiger partial charge in [0.25, 0.3) is 0 Å². The Kier molecular flexibility index (Phi) is 16.6. The van der Waals surface area contributed by atoms with Crippen LogP contribution in [0.1, 0.15) is 18.1 Å². The van der Waals surface area contributed by atoms with E-state index in [-0.39, 0.29) is 0 Å². The van der Waals surface area contributed by atoms with Crippen LogP contribution in [-0.4, -0.2) is 11.9 Å². The van der Waals surface area contributed by atoms with E-state index in [1.807, 2.05) is 60.7 Å². The fourth-order valence-electron chi connectivity index (χ4n) is 8.25. The van der Waals surface area contributed by atoms with Gasteiger partial charge in [-0.2, -0.15) is 0 Å². The van der Waals surface area contributed by atoms with Gasteiger partial charge in [0, 0.05) is 45.8 Å². The second-order valence-corrected chi connectivity index (χ2v) is 18.1. The van der Waals surface area contributed by atoms with Crippen LogP contribution in [-0.2, 0) is 9.59 Å². The molecule has 0 unspecified atom stereocenters. The van der Waals surface area contributed by atoms with Gasteiger partial charge >= 0.3 is 11.9 Å². The zero-order valence-electron chi connectivity index (χ0n) is 43.1. The molecular weight excluding hydrogens is 953 g/mol. The molecule has 0 heterocycles. The molecule has 0 bridgehead atoms. The molecule has 10 aromatic carbocycles. The van der Waals surface area contributed by atoms with Crippen molar-refractivity contribution in [3.63, 3.8) is 0 Å². The Balaban J connectivity index is 0.000000188. The molecule has 0 spiro atoms. The number of esters is 2. The van der Waals surface area contributed by atoms with Crippen LogP contribution in [0.25, 0.3) is 22.3 Å². The van der Waals surface area contributed by atoms with Crippen LogP contribution in [0.15, 0.2) is 280 Å².